The van der Waals surface area contributed by atoms with Gasteiger partial charge in [-0.3, -0.25) is 0 Å². The van der Waals surface area contributed by atoms with Gasteiger partial charge in [-0.2, -0.15) is 0 Å². The molecule has 1 saturated carbocycles. The Hall–Kier alpha value is -1.02. The van der Waals surface area contributed by atoms with E-state index in [1.54, 1.807) is 7.11 Å². The van der Waals surface area contributed by atoms with Crippen LogP contribution in [-0.4, -0.2) is 13.7 Å². The Morgan fingerprint density at radius 3 is 2.25 bits per heavy atom. The van der Waals surface area contributed by atoms with Crippen LogP contribution in [-0.2, 0) is 10.8 Å². The van der Waals surface area contributed by atoms with Crippen molar-refractivity contribution in [3.05, 3.63) is 28.8 Å². The number of hydrogen-bond acceptors (Lipinski definition) is 2. The molecule has 0 aromatic heterocycles. The summed E-state index contributed by atoms with van der Waals surface area (Å²) in [5.74, 6) is 1.03. The van der Waals surface area contributed by atoms with Crippen molar-refractivity contribution in [2.75, 3.05) is 13.7 Å². The van der Waals surface area contributed by atoms with Gasteiger partial charge in [-0.1, -0.05) is 45.7 Å². The fraction of sp³-hybridized carbons (Fsp3) is 0.667. The van der Waals surface area contributed by atoms with E-state index in [4.69, 9.17) is 10.5 Å². The van der Waals surface area contributed by atoms with Crippen molar-refractivity contribution in [3.63, 3.8) is 0 Å². The first kappa shape index (κ1) is 15.4. The molecule has 1 aromatic carbocycles. The molecule has 0 atom stereocenters. The van der Waals surface area contributed by atoms with E-state index in [0.29, 0.717) is 0 Å². The maximum Gasteiger partial charge on any atom is 0.125 e. The van der Waals surface area contributed by atoms with E-state index in [0.717, 1.165) is 12.3 Å². The summed E-state index contributed by atoms with van der Waals surface area (Å²) in [4.78, 5) is 0. The van der Waals surface area contributed by atoms with Crippen LogP contribution in [0.3, 0.4) is 0 Å². The van der Waals surface area contributed by atoms with Crippen molar-refractivity contribution in [1.29, 1.82) is 0 Å². The summed E-state index contributed by atoms with van der Waals surface area (Å²) in [6, 6.07) is 4.65. The largest absolute Gasteiger partial charge is 0.496 e. The van der Waals surface area contributed by atoms with Gasteiger partial charge in [0.1, 0.15) is 5.75 Å². The highest BCUT2D eigenvalue weighted by Crippen LogP contribution is 2.44. The standard InChI is InChI=1S/C18H29NO/c1-13-10-14(18(12-19)8-6-7-9-18)11-15(16(13)20-5)17(2,3)4/h10-11H,6-9,12,19H2,1-5H3. The van der Waals surface area contributed by atoms with Crippen LogP contribution in [0.15, 0.2) is 12.1 Å². The number of benzene rings is 1. The van der Waals surface area contributed by atoms with Gasteiger partial charge in [0, 0.05) is 17.5 Å². The van der Waals surface area contributed by atoms with Crippen molar-refractivity contribution in [2.45, 2.75) is 64.2 Å². The SMILES string of the molecule is COc1c(C)cc(C2(CN)CCCC2)cc1C(C)(C)C. The average molecular weight is 275 g/mol. The predicted octanol–water partition coefficient (Wildman–Crippen LogP) is 4.07. The molecule has 1 aliphatic carbocycles. The maximum absolute atomic E-state index is 6.15. The van der Waals surface area contributed by atoms with Crippen molar-refractivity contribution >= 4 is 0 Å². The molecule has 0 unspecified atom stereocenters. The molecular weight excluding hydrogens is 246 g/mol. The zero-order valence-electron chi connectivity index (χ0n) is 13.7. The second kappa shape index (κ2) is 5.40. The summed E-state index contributed by atoms with van der Waals surface area (Å²) in [6.07, 6.45) is 5.04. The Morgan fingerprint density at radius 1 is 1.20 bits per heavy atom. The molecule has 0 radical (unpaired) electrons. The number of aryl methyl sites for hydroxylation is 1. The normalized spacial score (nSPS) is 18.3. The first-order chi connectivity index (χ1) is 9.34. The summed E-state index contributed by atoms with van der Waals surface area (Å²) in [6.45, 7) is 9.65. The molecule has 1 aliphatic rings. The Labute approximate surface area is 123 Å². The van der Waals surface area contributed by atoms with Crippen molar-refractivity contribution < 1.29 is 4.74 Å². The Bertz CT molecular complexity index is 479. The Balaban J connectivity index is 2.59. The minimum absolute atomic E-state index is 0.0838. The molecule has 0 spiro atoms. The van der Waals surface area contributed by atoms with Crippen molar-refractivity contribution in [1.82, 2.24) is 0 Å². The number of rotatable bonds is 3. The van der Waals surface area contributed by atoms with Gasteiger partial charge in [0.05, 0.1) is 7.11 Å². The van der Waals surface area contributed by atoms with Gasteiger partial charge < -0.3 is 10.5 Å². The third kappa shape index (κ3) is 2.58. The lowest BCUT2D eigenvalue weighted by Crippen LogP contribution is -2.32. The second-order valence-electron chi connectivity index (χ2n) is 7.32. The molecule has 1 fully saturated rings. The topological polar surface area (TPSA) is 35.2 Å². The van der Waals surface area contributed by atoms with Crippen LogP contribution < -0.4 is 10.5 Å². The number of hydrogen-bond donors (Lipinski definition) is 1. The molecule has 0 saturated heterocycles. The van der Waals surface area contributed by atoms with Crippen LogP contribution in [0.4, 0.5) is 0 Å². The molecule has 2 heteroatoms. The summed E-state index contributed by atoms with van der Waals surface area (Å²) in [5, 5.41) is 0. The van der Waals surface area contributed by atoms with Crippen molar-refractivity contribution in [3.8, 4) is 5.75 Å². The number of nitrogens with two attached hydrogens (primary N) is 1. The molecule has 2 N–H and O–H groups in total. The summed E-state index contributed by atoms with van der Waals surface area (Å²) in [5.41, 5.74) is 10.4. The van der Waals surface area contributed by atoms with E-state index in [2.05, 4.69) is 39.8 Å². The molecular formula is C18H29NO. The van der Waals surface area contributed by atoms with Gasteiger partial charge in [0.2, 0.25) is 0 Å². The molecule has 0 heterocycles. The molecule has 0 aliphatic heterocycles. The van der Waals surface area contributed by atoms with E-state index >= 15 is 0 Å². The highest BCUT2D eigenvalue weighted by atomic mass is 16.5. The maximum atomic E-state index is 6.15. The van der Waals surface area contributed by atoms with Crippen LogP contribution in [0.5, 0.6) is 5.75 Å². The predicted molar refractivity (Wildman–Crippen MR) is 85.6 cm³/mol. The summed E-state index contributed by atoms with van der Waals surface area (Å²) in [7, 11) is 1.77. The van der Waals surface area contributed by atoms with Gasteiger partial charge in [-0.15, -0.1) is 0 Å². The zero-order chi connectivity index (χ0) is 15.0. The molecule has 0 bridgehead atoms. The van der Waals surface area contributed by atoms with Crippen molar-refractivity contribution in [2.24, 2.45) is 5.73 Å². The van der Waals surface area contributed by atoms with E-state index < -0.39 is 0 Å². The van der Waals surface area contributed by atoms with E-state index in [1.165, 1.54) is 42.4 Å². The average Bonchev–Trinajstić information content (AvgIpc) is 2.86. The lowest BCUT2D eigenvalue weighted by atomic mass is 9.75. The highest BCUT2D eigenvalue weighted by molar-refractivity contribution is 5.49. The minimum atomic E-state index is 0.0838. The molecule has 0 amide bonds. The van der Waals surface area contributed by atoms with Crippen LogP contribution in [0.25, 0.3) is 0 Å². The van der Waals surface area contributed by atoms with Gasteiger partial charge in [0.15, 0.2) is 0 Å². The smallest absolute Gasteiger partial charge is 0.125 e. The van der Waals surface area contributed by atoms with Gasteiger partial charge in [-0.25, -0.2) is 0 Å². The number of methoxy groups -OCH3 is 1. The lowest BCUT2D eigenvalue weighted by molar-refractivity contribution is 0.391. The Morgan fingerprint density at radius 2 is 1.80 bits per heavy atom. The first-order valence-electron chi connectivity index (χ1n) is 7.74. The molecule has 2 rings (SSSR count). The van der Waals surface area contributed by atoms with E-state index in [9.17, 15) is 0 Å². The van der Waals surface area contributed by atoms with Gasteiger partial charge >= 0.3 is 0 Å². The molecule has 1 aromatic rings. The first-order valence-corrected chi connectivity index (χ1v) is 7.74. The van der Waals surface area contributed by atoms with Crippen LogP contribution in [0, 0.1) is 6.92 Å². The molecule has 112 valence electrons. The number of ether oxygens (including phenoxy) is 1. The third-order valence-electron chi connectivity index (χ3n) is 4.85. The fourth-order valence-electron chi connectivity index (χ4n) is 3.57. The van der Waals surface area contributed by atoms with Gasteiger partial charge in [0.25, 0.3) is 0 Å². The third-order valence-corrected chi connectivity index (χ3v) is 4.85. The fourth-order valence-corrected chi connectivity index (χ4v) is 3.57. The summed E-state index contributed by atoms with van der Waals surface area (Å²) < 4.78 is 5.66. The van der Waals surface area contributed by atoms with Crippen LogP contribution in [0.1, 0.15) is 63.1 Å². The van der Waals surface area contributed by atoms with Crippen LogP contribution >= 0.6 is 0 Å². The summed E-state index contributed by atoms with van der Waals surface area (Å²) >= 11 is 0. The second-order valence-corrected chi connectivity index (χ2v) is 7.32. The minimum Gasteiger partial charge on any atom is -0.496 e. The lowest BCUT2D eigenvalue weighted by Gasteiger charge is -2.32. The van der Waals surface area contributed by atoms with E-state index in [1.807, 2.05) is 0 Å². The molecule has 20 heavy (non-hydrogen) atoms. The van der Waals surface area contributed by atoms with Gasteiger partial charge in [-0.05, 0) is 36.3 Å². The quantitative estimate of drug-likeness (QED) is 0.902. The molecule has 2 nitrogen and oxygen atoms in total. The van der Waals surface area contributed by atoms with E-state index in [-0.39, 0.29) is 10.8 Å². The highest BCUT2D eigenvalue weighted by Gasteiger charge is 2.36. The zero-order valence-corrected chi connectivity index (χ0v) is 13.7. The monoisotopic (exact) mass is 275 g/mol. The Kier molecular flexibility index (Phi) is 4.15. The van der Waals surface area contributed by atoms with Crippen LogP contribution in [0.2, 0.25) is 0 Å².